The second-order valence-corrected chi connectivity index (χ2v) is 4.82. The first-order valence-electron chi connectivity index (χ1n) is 6.72. The molecule has 0 spiro atoms. The van der Waals surface area contributed by atoms with Gasteiger partial charge in [0.2, 0.25) is 0 Å². The maximum Gasteiger partial charge on any atom is 0.104 e. The quantitative estimate of drug-likeness (QED) is 0.746. The van der Waals surface area contributed by atoms with Crippen LogP contribution in [0, 0.1) is 0 Å². The molecule has 0 aliphatic rings. The summed E-state index contributed by atoms with van der Waals surface area (Å²) in [4.78, 5) is 0. The van der Waals surface area contributed by atoms with Gasteiger partial charge in [-0.1, -0.05) is 43.7 Å². The maximum atomic E-state index is 10.5. The average Bonchev–Trinajstić information content (AvgIpc) is 2.40. The van der Waals surface area contributed by atoms with Gasteiger partial charge in [0.25, 0.3) is 0 Å². The highest BCUT2D eigenvalue weighted by atomic mass is 16.5. The van der Waals surface area contributed by atoms with Gasteiger partial charge in [0, 0.05) is 13.0 Å². The normalized spacial score (nSPS) is 16.2. The Morgan fingerprint density at radius 1 is 1.33 bits per heavy atom. The highest BCUT2D eigenvalue weighted by Gasteiger charge is 2.27. The van der Waals surface area contributed by atoms with Crippen molar-refractivity contribution in [1.82, 2.24) is 0 Å². The molecule has 3 N–H and O–H groups in total. The Hall–Kier alpha value is -0.900. The van der Waals surface area contributed by atoms with Gasteiger partial charge < -0.3 is 15.6 Å². The number of hydrogen-bond acceptors (Lipinski definition) is 3. The summed E-state index contributed by atoms with van der Waals surface area (Å²) in [5.74, 6) is 0. The van der Waals surface area contributed by atoms with E-state index in [1.54, 1.807) is 0 Å². The zero-order chi connectivity index (χ0) is 13.4. The van der Waals surface area contributed by atoms with Crippen LogP contribution in [-0.2, 0) is 10.3 Å². The van der Waals surface area contributed by atoms with Crippen LogP contribution in [0.25, 0.3) is 0 Å². The molecule has 0 saturated carbocycles. The van der Waals surface area contributed by atoms with Gasteiger partial charge in [-0.2, -0.15) is 0 Å². The zero-order valence-corrected chi connectivity index (χ0v) is 11.4. The summed E-state index contributed by atoms with van der Waals surface area (Å²) in [6.07, 6.45) is 2.93. The molecule has 1 aromatic rings. The van der Waals surface area contributed by atoms with Crippen LogP contribution in [0.3, 0.4) is 0 Å². The van der Waals surface area contributed by atoms with E-state index in [0.717, 1.165) is 18.4 Å². The van der Waals surface area contributed by atoms with Crippen molar-refractivity contribution < 1.29 is 9.84 Å². The molecule has 3 nitrogen and oxygen atoms in total. The number of nitrogens with two attached hydrogens (primary N) is 1. The van der Waals surface area contributed by atoms with Crippen LogP contribution < -0.4 is 5.73 Å². The molecule has 0 aromatic heterocycles. The molecule has 2 atom stereocenters. The summed E-state index contributed by atoms with van der Waals surface area (Å²) in [6.45, 7) is 4.94. The molecule has 0 fully saturated rings. The third-order valence-electron chi connectivity index (χ3n) is 3.26. The Kier molecular flexibility index (Phi) is 6.33. The van der Waals surface area contributed by atoms with Crippen molar-refractivity contribution in [2.24, 2.45) is 5.73 Å². The minimum Gasteiger partial charge on any atom is -0.384 e. The van der Waals surface area contributed by atoms with E-state index >= 15 is 0 Å². The van der Waals surface area contributed by atoms with E-state index in [4.69, 9.17) is 10.5 Å². The van der Waals surface area contributed by atoms with E-state index in [2.05, 4.69) is 13.8 Å². The molecule has 0 bridgehead atoms. The molecule has 0 saturated heterocycles. The number of ether oxygens (including phenoxy) is 1. The topological polar surface area (TPSA) is 55.5 Å². The number of benzene rings is 1. The van der Waals surface area contributed by atoms with Crippen molar-refractivity contribution in [2.45, 2.75) is 44.8 Å². The highest BCUT2D eigenvalue weighted by molar-refractivity contribution is 5.22. The third-order valence-corrected chi connectivity index (χ3v) is 3.26. The van der Waals surface area contributed by atoms with Crippen molar-refractivity contribution in [1.29, 1.82) is 0 Å². The van der Waals surface area contributed by atoms with E-state index in [1.807, 2.05) is 30.3 Å². The van der Waals surface area contributed by atoms with Gasteiger partial charge in [0.1, 0.15) is 5.60 Å². The predicted octanol–water partition coefficient (Wildman–Crippen LogP) is 2.43. The molecule has 0 amide bonds. The van der Waals surface area contributed by atoms with Crippen LogP contribution >= 0.6 is 0 Å². The SMILES string of the molecule is CCCC(C)OCCC(O)(CN)c1ccccc1. The predicted molar refractivity (Wildman–Crippen MR) is 74.3 cm³/mol. The summed E-state index contributed by atoms with van der Waals surface area (Å²) in [6, 6.07) is 9.57. The maximum absolute atomic E-state index is 10.5. The Bertz CT molecular complexity index is 329. The molecule has 102 valence electrons. The van der Waals surface area contributed by atoms with Gasteiger partial charge in [-0.3, -0.25) is 0 Å². The second-order valence-electron chi connectivity index (χ2n) is 4.82. The molecule has 1 rings (SSSR count). The van der Waals surface area contributed by atoms with Gasteiger partial charge in [-0.15, -0.1) is 0 Å². The van der Waals surface area contributed by atoms with Crippen molar-refractivity contribution in [3.8, 4) is 0 Å². The van der Waals surface area contributed by atoms with Crippen molar-refractivity contribution in [2.75, 3.05) is 13.2 Å². The molecule has 1 aromatic carbocycles. The van der Waals surface area contributed by atoms with Crippen LogP contribution in [0.2, 0.25) is 0 Å². The van der Waals surface area contributed by atoms with E-state index < -0.39 is 5.60 Å². The summed E-state index contributed by atoms with van der Waals surface area (Å²) >= 11 is 0. The molecule has 0 aliphatic heterocycles. The van der Waals surface area contributed by atoms with Gasteiger partial charge >= 0.3 is 0 Å². The Balaban J connectivity index is 2.51. The molecule has 0 radical (unpaired) electrons. The molecule has 0 heterocycles. The van der Waals surface area contributed by atoms with Crippen LogP contribution in [0.15, 0.2) is 30.3 Å². The Morgan fingerprint density at radius 2 is 2.00 bits per heavy atom. The van der Waals surface area contributed by atoms with E-state index in [9.17, 15) is 5.11 Å². The van der Waals surface area contributed by atoms with Crippen LogP contribution in [0.1, 0.15) is 38.7 Å². The van der Waals surface area contributed by atoms with Gasteiger partial charge in [0.05, 0.1) is 12.7 Å². The second kappa shape index (κ2) is 7.52. The minimum absolute atomic E-state index is 0.211. The number of aliphatic hydroxyl groups is 1. The molecular weight excluding hydrogens is 226 g/mol. The van der Waals surface area contributed by atoms with E-state index in [0.29, 0.717) is 13.0 Å². The van der Waals surface area contributed by atoms with Crippen molar-refractivity contribution in [3.05, 3.63) is 35.9 Å². The van der Waals surface area contributed by atoms with Gasteiger partial charge in [0.15, 0.2) is 0 Å². The lowest BCUT2D eigenvalue weighted by molar-refractivity contribution is -0.0166. The first-order chi connectivity index (χ1) is 8.62. The fourth-order valence-corrected chi connectivity index (χ4v) is 2.03. The van der Waals surface area contributed by atoms with Gasteiger partial charge in [-0.05, 0) is 18.9 Å². The summed E-state index contributed by atoms with van der Waals surface area (Å²) in [5, 5.41) is 10.5. The summed E-state index contributed by atoms with van der Waals surface area (Å²) in [5.41, 5.74) is 5.59. The lowest BCUT2D eigenvalue weighted by Gasteiger charge is -2.27. The lowest BCUT2D eigenvalue weighted by Crippen LogP contribution is -2.36. The smallest absolute Gasteiger partial charge is 0.104 e. The van der Waals surface area contributed by atoms with Crippen LogP contribution in [0.4, 0.5) is 0 Å². The van der Waals surface area contributed by atoms with Crippen LogP contribution in [-0.4, -0.2) is 24.4 Å². The Labute approximate surface area is 110 Å². The fourth-order valence-electron chi connectivity index (χ4n) is 2.03. The third kappa shape index (κ3) is 4.41. The monoisotopic (exact) mass is 251 g/mol. The summed E-state index contributed by atoms with van der Waals surface area (Å²) < 4.78 is 5.69. The largest absolute Gasteiger partial charge is 0.384 e. The molecule has 18 heavy (non-hydrogen) atoms. The number of hydrogen-bond donors (Lipinski definition) is 2. The molecule has 0 aliphatic carbocycles. The van der Waals surface area contributed by atoms with E-state index in [1.165, 1.54) is 0 Å². The van der Waals surface area contributed by atoms with Gasteiger partial charge in [-0.25, -0.2) is 0 Å². The minimum atomic E-state index is -0.979. The highest BCUT2D eigenvalue weighted by Crippen LogP contribution is 2.24. The lowest BCUT2D eigenvalue weighted by atomic mass is 9.91. The average molecular weight is 251 g/mol. The number of rotatable bonds is 8. The molecular formula is C15H25NO2. The van der Waals surface area contributed by atoms with Crippen molar-refractivity contribution in [3.63, 3.8) is 0 Å². The van der Waals surface area contributed by atoms with E-state index in [-0.39, 0.29) is 12.6 Å². The standard InChI is InChI=1S/C15H25NO2/c1-3-7-13(2)18-11-10-15(17,12-16)14-8-5-4-6-9-14/h4-6,8-9,13,17H,3,7,10-12,16H2,1-2H3. The first kappa shape index (κ1) is 15.2. The Morgan fingerprint density at radius 3 is 2.56 bits per heavy atom. The van der Waals surface area contributed by atoms with Crippen LogP contribution in [0.5, 0.6) is 0 Å². The summed E-state index contributed by atoms with van der Waals surface area (Å²) in [7, 11) is 0. The fraction of sp³-hybridized carbons (Fsp3) is 0.600. The molecule has 3 heteroatoms. The zero-order valence-electron chi connectivity index (χ0n) is 11.4. The first-order valence-corrected chi connectivity index (χ1v) is 6.72. The van der Waals surface area contributed by atoms with Crippen molar-refractivity contribution >= 4 is 0 Å². The molecule has 2 unspecified atom stereocenters.